The van der Waals surface area contributed by atoms with Crippen LogP contribution in [0.25, 0.3) is 0 Å². The lowest BCUT2D eigenvalue weighted by Gasteiger charge is -2.34. The van der Waals surface area contributed by atoms with Gasteiger partial charge < -0.3 is 9.64 Å². The van der Waals surface area contributed by atoms with E-state index in [0.717, 1.165) is 25.0 Å². The summed E-state index contributed by atoms with van der Waals surface area (Å²) in [5, 5.41) is 0. The Morgan fingerprint density at radius 2 is 2.04 bits per heavy atom. The van der Waals surface area contributed by atoms with Crippen molar-refractivity contribution in [1.82, 2.24) is 4.90 Å². The summed E-state index contributed by atoms with van der Waals surface area (Å²) in [5.41, 5.74) is -0.319. The molecule has 2 unspecified atom stereocenters. The minimum Gasteiger partial charge on any atom is -0.369 e. The van der Waals surface area contributed by atoms with Crippen LogP contribution < -0.4 is 0 Å². The highest BCUT2D eigenvalue weighted by molar-refractivity contribution is 5.91. The van der Waals surface area contributed by atoms with Gasteiger partial charge in [-0.15, -0.1) is 0 Å². The van der Waals surface area contributed by atoms with Crippen LogP contribution in [0.5, 0.6) is 0 Å². The number of benzene rings is 1. The summed E-state index contributed by atoms with van der Waals surface area (Å²) in [6.45, 7) is 3.42. The number of likely N-dealkylation sites (tertiary alicyclic amines) is 1. The molecule has 0 aliphatic carbocycles. The Kier molecular flexibility index (Phi) is 5.81. The van der Waals surface area contributed by atoms with Gasteiger partial charge in [-0.25, -0.2) is 0 Å². The molecule has 0 radical (unpaired) electrons. The van der Waals surface area contributed by atoms with Gasteiger partial charge in [0, 0.05) is 19.7 Å². The largest absolute Gasteiger partial charge is 0.416 e. The first-order valence-corrected chi connectivity index (χ1v) is 7.84. The highest BCUT2D eigenvalue weighted by Crippen LogP contribution is 2.32. The molecule has 1 fully saturated rings. The van der Waals surface area contributed by atoms with Crippen LogP contribution in [-0.4, -0.2) is 43.5 Å². The Morgan fingerprint density at radius 3 is 2.70 bits per heavy atom. The molecule has 1 aliphatic heterocycles. The molecule has 23 heavy (non-hydrogen) atoms. The maximum absolute atomic E-state index is 12.9. The van der Waals surface area contributed by atoms with Crippen molar-refractivity contribution in [3.8, 4) is 0 Å². The molecule has 0 aromatic heterocycles. The molecule has 2 atom stereocenters. The van der Waals surface area contributed by atoms with E-state index in [2.05, 4.69) is 0 Å². The number of nitrogens with zero attached hydrogens (tertiary/aromatic N) is 1. The molecule has 6 heteroatoms. The zero-order chi connectivity index (χ0) is 17.0. The first-order valence-electron chi connectivity index (χ1n) is 7.84. The topological polar surface area (TPSA) is 29.5 Å². The van der Waals surface area contributed by atoms with Crippen LogP contribution >= 0.6 is 0 Å². The maximum atomic E-state index is 12.9. The fourth-order valence-corrected chi connectivity index (χ4v) is 2.78. The molecule has 1 heterocycles. The average Bonchev–Trinajstić information content (AvgIpc) is 2.50. The quantitative estimate of drug-likeness (QED) is 0.775. The van der Waals surface area contributed by atoms with Crippen molar-refractivity contribution in [3.05, 3.63) is 35.4 Å². The van der Waals surface area contributed by atoms with E-state index < -0.39 is 23.8 Å². The van der Waals surface area contributed by atoms with Gasteiger partial charge in [0.25, 0.3) is 0 Å². The van der Waals surface area contributed by atoms with E-state index in [1.165, 1.54) is 6.07 Å². The van der Waals surface area contributed by atoms with Crippen LogP contribution in [0.15, 0.2) is 24.3 Å². The molecular formula is C17H22F3NO2. The molecule has 128 valence electrons. The molecule has 0 bridgehead atoms. The van der Waals surface area contributed by atoms with Crippen molar-refractivity contribution in [2.75, 3.05) is 26.7 Å². The standard InChI is InChI=1S/C17H22F3NO2/c1-3-4-8-23-15-11-21(2)10-14(16(15)22)12-6-5-7-13(9-12)17(18,19)20/h5-7,9,14-15H,3-4,8,10-11H2,1-2H3. The van der Waals surface area contributed by atoms with Gasteiger partial charge in [-0.2, -0.15) is 13.2 Å². The third kappa shape index (κ3) is 4.54. The highest BCUT2D eigenvalue weighted by atomic mass is 19.4. The molecule has 1 aromatic carbocycles. The molecule has 0 N–H and O–H groups in total. The minimum atomic E-state index is -4.41. The van der Waals surface area contributed by atoms with Gasteiger partial charge in [0.15, 0.2) is 5.78 Å². The van der Waals surface area contributed by atoms with E-state index >= 15 is 0 Å². The molecule has 3 nitrogen and oxygen atoms in total. The summed E-state index contributed by atoms with van der Waals surface area (Å²) in [6.07, 6.45) is -3.15. The monoisotopic (exact) mass is 329 g/mol. The van der Waals surface area contributed by atoms with E-state index in [4.69, 9.17) is 4.74 Å². The summed E-state index contributed by atoms with van der Waals surface area (Å²) in [6, 6.07) is 5.04. The van der Waals surface area contributed by atoms with Crippen LogP contribution in [0, 0.1) is 0 Å². The van der Waals surface area contributed by atoms with Crippen molar-refractivity contribution in [2.24, 2.45) is 0 Å². The van der Waals surface area contributed by atoms with Gasteiger partial charge in [-0.05, 0) is 25.1 Å². The Hall–Kier alpha value is -1.40. The van der Waals surface area contributed by atoms with E-state index in [1.54, 1.807) is 6.07 Å². The molecular weight excluding hydrogens is 307 g/mol. The molecule has 0 spiro atoms. The Balaban J connectivity index is 2.19. The van der Waals surface area contributed by atoms with Gasteiger partial charge in [0.05, 0.1) is 11.5 Å². The van der Waals surface area contributed by atoms with E-state index in [-0.39, 0.29) is 5.78 Å². The second-order valence-electron chi connectivity index (χ2n) is 6.01. The van der Waals surface area contributed by atoms with Crippen molar-refractivity contribution in [1.29, 1.82) is 0 Å². The number of Topliss-reactive ketones (excluding diaryl/α,β-unsaturated/α-hetero) is 1. The van der Waals surface area contributed by atoms with Crippen LogP contribution in [-0.2, 0) is 15.7 Å². The van der Waals surface area contributed by atoms with Crippen molar-refractivity contribution in [3.63, 3.8) is 0 Å². The fourth-order valence-electron chi connectivity index (χ4n) is 2.78. The van der Waals surface area contributed by atoms with Crippen LogP contribution in [0.4, 0.5) is 13.2 Å². The number of alkyl halides is 3. The number of carbonyl (C=O) groups is 1. The lowest BCUT2D eigenvalue weighted by molar-refractivity contribution is -0.139. The van der Waals surface area contributed by atoms with Crippen LogP contribution in [0.2, 0.25) is 0 Å². The lowest BCUT2D eigenvalue weighted by Crippen LogP contribution is -2.48. The molecule has 0 saturated carbocycles. The Morgan fingerprint density at radius 1 is 1.30 bits per heavy atom. The summed E-state index contributed by atoms with van der Waals surface area (Å²) in [5.74, 6) is -0.707. The van der Waals surface area contributed by atoms with Crippen LogP contribution in [0.3, 0.4) is 0 Å². The number of unbranched alkanes of at least 4 members (excludes halogenated alkanes) is 1. The number of ketones is 1. The van der Waals surface area contributed by atoms with E-state index in [1.807, 2.05) is 18.9 Å². The minimum absolute atomic E-state index is 0.126. The van der Waals surface area contributed by atoms with Gasteiger partial charge >= 0.3 is 6.18 Å². The maximum Gasteiger partial charge on any atom is 0.416 e. The normalized spacial score (nSPS) is 23.3. The molecule has 1 saturated heterocycles. The average molecular weight is 329 g/mol. The van der Waals surface area contributed by atoms with Gasteiger partial charge in [0.1, 0.15) is 6.10 Å². The summed E-state index contributed by atoms with van der Waals surface area (Å²) < 4.78 is 44.3. The molecule has 0 amide bonds. The summed E-state index contributed by atoms with van der Waals surface area (Å²) in [7, 11) is 1.85. The van der Waals surface area contributed by atoms with Crippen LogP contribution in [0.1, 0.15) is 36.8 Å². The SMILES string of the molecule is CCCCOC1CN(C)CC(c2cccc(C(F)(F)F)c2)C1=O. The molecule has 1 aliphatic rings. The van der Waals surface area contributed by atoms with Crippen molar-refractivity contribution in [2.45, 2.75) is 38.0 Å². The third-order valence-corrected chi connectivity index (χ3v) is 4.07. The summed E-state index contributed by atoms with van der Waals surface area (Å²) >= 11 is 0. The third-order valence-electron chi connectivity index (χ3n) is 4.07. The zero-order valence-corrected chi connectivity index (χ0v) is 13.4. The van der Waals surface area contributed by atoms with Crippen molar-refractivity contribution >= 4 is 5.78 Å². The van der Waals surface area contributed by atoms with Crippen molar-refractivity contribution < 1.29 is 22.7 Å². The fraction of sp³-hybridized carbons (Fsp3) is 0.588. The molecule has 1 aromatic rings. The highest BCUT2D eigenvalue weighted by Gasteiger charge is 2.37. The number of hydrogen-bond acceptors (Lipinski definition) is 3. The first kappa shape index (κ1) is 17.9. The second kappa shape index (κ2) is 7.45. The van der Waals surface area contributed by atoms with Gasteiger partial charge in [-0.1, -0.05) is 31.5 Å². The summed E-state index contributed by atoms with van der Waals surface area (Å²) in [4.78, 5) is 14.5. The van der Waals surface area contributed by atoms with Gasteiger partial charge in [-0.3, -0.25) is 4.79 Å². The smallest absolute Gasteiger partial charge is 0.369 e. The number of rotatable bonds is 5. The predicted octanol–water partition coefficient (Wildman–Crippen LogP) is 3.49. The zero-order valence-electron chi connectivity index (χ0n) is 13.4. The Bertz CT molecular complexity index is 545. The van der Waals surface area contributed by atoms with Gasteiger partial charge in [0.2, 0.25) is 0 Å². The van der Waals surface area contributed by atoms with E-state index in [0.29, 0.717) is 25.3 Å². The number of hydrogen-bond donors (Lipinski definition) is 0. The molecule has 2 rings (SSSR count). The lowest BCUT2D eigenvalue weighted by atomic mass is 9.87. The number of carbonyl (C=O) groups excluding carboxylic acids is 1. The van der Waals surface area contributed by atoms with E-state index in [9.17, 15) is 18.0 Å². The number of likely N-dealkylation sites (N-methyl/N-ethyl adjacent to an activating group) is 1. The Labute approximate surface area is 134 Å². The second-order valence-corrected chi connectivity index (χ2v) is 6.01. The predicted molar refractivity (Wildman–Crippen MR) is 81.3 cm³/mol. The first-order chi connectivity index (χ1) is 10.8. The number of ether oxygens (including phenoxy) is 1. The number of piperidine rings is 1. The number of halogens is 3.